The van der Waals surface area contributed by atoms with Crippen LogP contribution in [0, 0.1) is 0 Å². The van der Waals surface area contributed by atoms with Crippen LogP contribution in [0.15, 0.2) is 41.4 Å². The molecule has 0 bridgehead atoms. The van der Waals surface area contributed by atoms with Gasteiger partial charge >= 0.3 is 0 Å². The molecule has 2 heterocycles. The Bertz CT molecular complexity index is 657. The van der Waals surface area contributed by atoms with Gasteiger partial charge in [-0.05, 0) is 24.6 Å². The smallest absolute Gasteiger partial charge is 0.250 e. The maximum atomic E-state index is 14.4. The second-order valence-electron chi connectivity index (χ2n) is 4.60. The van der Waals surface area contributed by atoms with Crippen LogP contribution in [0.5, 0.6) is 11.5 Å². The number of hydrogen-bond acceptors (Lipinski definition) is 4. The molecular weight excluding hydrogens is 287 g/mol. The number of rotatable bonds is 2. The van der Waals surface area contributed by atoms with E-state index < -0.39 is 23.6 Å². The largest absolute Gasteiger partial charge is 0.454 e. The van der Waals surface area contributed by atoms with Crippen molar-refractivity contribution in [3.8, 4) is 11.5 Å². The minimum atomic E-state index is -1.27. The van der Waals surface area contributed by atoms with Crippen molar-refractivity contribution >= 4 is 0 Å². The van der Waals surface area contributed by atoms with Crippen LogP contribution in [-0.2, 0) is 4.84 Å². The molecule has 1 atom stereocenters. The molecule has 0 spiro atoms. The third-order valence-corrected chi connectivity index (χ3v) is 3.45. The normalized spacial score (nSPS) is 21.4. The number of halogens is 3. The van der Waals surface area contributed by atoms with Crippen LogP contribution in [0.4, 0.5) is 13.2 Å². The quantitative estimate of drug-likeness (QED) is 0.779. The number of allylic oxidation sites excluding steroid dienone is 2. The fourth-order valence-electron chi connectivity index (χ4n) is 2.33. The SMILES string of the molecule is CON1C(F)=C(F)C(C)=C(F)C1c1ccc2c(c1)OCO2. The van der Waals surface area contributed by atoms with E-state index in [0.717, 1.165) is 7.11 Å². The predicted molar refractivity (Wildman–Crippen MR) is 67.2 cm³/mol. The van der Waals surface area contributed by atoms with E-state index in [-0.39, 0.29) is 12.4 Å². The average Bonchev–Trinajstić information content (AvgIpc) is 2.96. The minimum absolute atomic E-state index is 0.0671. The molecule has 1 aromatic carbocycles. The maximum absolute atomic E-state index is 14.4. The van der Waals surface area contributed by atoms with Crippen molar-refractivity contribution in [2.24, 2.45) is 0 Å². The Morgan fingerprint density at radius 2 is 1.90 bits per heavy atom. The van der Waals surface area contributed by atoms with E-state index in [2.05, 4.69) is 0 Å². The number of hydrogen-bond donors (Lipinski definition) is 0. The van der Waals surface area contributed by atoms with Crippen LogP contribution in [0.1, 0.15) is 18.5 Å². The van der Waals surface area contributed by atoms with Gasteiger partial charge in [-0.15, -0.1) is 0 Å². The van der Waals surface area contributed by atoms with Gasteiger partial charge in [0.2, 0.25) is 6.79 Å². The van der Waals surface area contributed by atoms with Crippen LogP contribution < -0.4 is 9.47 Å². The Hall–Kier alpha value is -2.15. The van der Waals surface area contributed by atoms with Gasteiger partial charge in [0.25, 0.3) is 5.95 Å². The summed E-state index contributed by atoms with van der Waals surface area (Å²) in [5.41, 5.74) is -0.0240. The Morgan fingerprint density at radius 3 is 2.62 bits per heavy atom. The van der Waals surface area contributed by atoms with E-state index >= 15 is 0 Å². The van der Waals surface area contributed by atoms with Gasteiger partial charge in [-0.2, -0.15) is 4.39 Å². The molecule has 0 radical (unpaired) electrons. The van der Waals surface area contributed by atoms with Gasteiger partial charge in [0.15, 0.2) is 17.3 Å². The molecule has 7 heteroatoms. The molecule has 2 aliphatic rings. The lowest BCUT2D eigenvalue weighted by Gasteiger charge is -2.32. The summed E-state index contributed by atoms with van der Waals surface area (Å²) in [5.74, 6) is -2.42. The van der Waals surface area contributed by atoms with Crippen LogP contribution >= 0.6 is 0 Å². The molecule has 0 N–H and O–H groups in total. The predicted octanol–water partition coefficient (Wildman–Crippen LogP) is 3.69. The average molecular weight is 299 g/mol. The minimum Gasteiger partial charge on any atom is -0.454 e. The fraction of sp³-hybridized carbons (Fsp3) is 0.286. The third kappa shape index (κ3) is 2.04. The standard InChI is InChI=1S/C14H12F3NO3/c1-7-11(15)13(18(19-2)14(17)12(7)16)8-3-4-9-10(5-8)21-6-20-9/h3-5,13H,6H2,1-2H3. The topological polar surface area (TPSA) is 30.9 Å². The van der Waals surface area contributed by atoms with Crippen molar-refractivity contribution in [3.05, 3.63) is 46.9 Å². The summed E-state index contributed by atoms with van der Waals surface area (Å²) in [6.07, 6.45) is 0. The first kappa shape index (κ1) is 13.8. The Balaban J connectivity index is 2.08. The van der Waals surface area contributed by atoms with Crippen molar-refractivity contribution in [2.75, 3.05) is 13.9 Å². The first-order chi connectivity index (χ1) is 10.0. The van der Waals surface area contributed by atoms with Gasteiger partial charge < -0.3 is 9.47 Å². The molecule has 21 heavy (non-hydrogen) atoms. The zero-order chi connectivity index (χ0) is 15.1. The second-order valence-corrected chi connectivity index (χ2v) is 4.60. The summed E-state index contributed by atoms with van der Waals surface area (Å²) < 4.78 is 52.3. The van der Waals surface area contributed by atoms with E-state index in [4.69, 9.17) is 14.3 Å². The van der Waals surface area contributed by atoms with E-state index in [1.807, 2.05) is 0 Å². The van der Waals surface area contributed by atoms with E-state index in [0.29, 0.717) is 22.1 Å². The van der Waals surface area contributed by atoms with E-state index in [9.17, 15) is 13.2 Å². The first-order valence-corrected chi connectivity index (χ1v) is 6.19. The molecule has 1 aromatic rings. The number of nitrogens with zero attached hydrogens (tertiary/aromatic N) is 1. The molecular formula is C14H12F3NO3. The monoisotopic (exact) mass is 299 g/mol. The van der Waals surface area contributed by atoms with Crippen LogP contribution in [0.3, 0.4) is 0 Å². The zero-order valence-corrected chi connectivity index (χ0v) is 11.3. The van der Waals surface area contributed by atoms with Gasteiger partial charge in [0, 0.05) is 5.57 Å². The van der Waals surface area contributed by atoms with Crippen LogP contribution in [0.2, 0.25) is 0 Å². The lowest BCUT2D eigenvalue weighted by molar-refractivity contribution is -0.150. The van der Waals surface area contributed by atoms with Crippen molar-refractivity contribution in [3.63, 3.8) is 0 Å². The molecule has 0 fully saturated rings. The van der Waals surface area contributed by atoms with Crippen molar-refractivity contribution in [1.82, 2.24) is 5.06 Å². The van der Waals surface area contributed by atoms with Gasteiger partial charge in [0.05, 0.1) is 7.11 Å². The molecule has 0 aliphatic carbocycles. The molecule has 3 rings (SSSR count). The summed E-state index contributed by atoms with van der Waals surface area (Å²) in [6.45, 7) is 1.24. The maximum Gasteiger partial charge on any atom is 0.250 e. The zero-order valence-electron chi connectivity index (χ0n) is 11.3. The summed E-state index contributed by atoms with van der Waals surface area (Å²) in [4.78, 5) is 4.79. The molecule has 0 saturated heterocycles. The highest BCUT2D eigenvalue weighted by molar-refractivity contribution is 5.48. The second kappa shape index (κ2) is 5.00. The third-order valence-electron chi connectivity index (χ3n) is 3.45. The fourth-order valence-corrected chi connectivity index (χ4v) is 2.33. The lowest BCUT2D eigenvalue weighted by Crippen LogP contribution is -2.30. The molecule has 0 aromatic heterocycles. The van der Waals surface area contributed by atoms with Gasteiger partial charge in [-0.25, -0.2) is 13.8 Å². The molecule has 1 unspecified atom stereocenters. The Morgan fingerprint density at radius 1 is 1.19 bits per heavy atom. The summed E-state index contributed by atoms with van der Waals surface area (Å²) in [5, 5.41) is 0.551. The van der Waals surface area contributed by atoms with Gasteiger partial charge in [-0.1, -0.05) is 6.07 Å². The highest BCUT2D eigenvalue weighted by Crippen LogP contribution is 2.44. The van der Waals surface area contributed by atoms with Crippen molar-refractivity contribution in [1.29, 1.82) is 0 Å². The lowest BCUT2D eigenvalue weighted by atomic mass is 9.99. The highest BCUT2D eigenvalue weighted by Gasteiger charge is 2.37. The Labute approximate surface area is 119 Å². The first-order valence-electron chi connectivity index (χ1n) is 6.19. The molecule has 0 saturated carbocycles. The van der Waals surface area contributed by atoms with Crippen LogP contribution in [0.25, 0.3) is 0 Å². The number of benzene rings is 1. The van der Waals surface area contributed by atoms with Gasteiger partial charge in [-0.3, -0.25) is 4.84 Å². The van der Waals surface area contributed by atoms with E-state index in [1.165, 1.54) is 13.0 Å². The molecule has 2 aliphatic heterocycles. The van der Waals surface area contributed by atoms with Crippen molar-refractivity contribution in [2.45, 2.75) is 13.0 Å². The molecule has 0 amide bonds. The van der Waals surface area contributed by atoms with Crippen LogP contribution in [-0.4, -0.2) is 19.0 Å². The summed E-state index contributed by atoms with van der Waals surface area (Å²) in [7, 11) is 1.14. The van der Waals surface area contributed by atoms with E-state index in [1.54, 1.807) is 12.1 Å². The molecule has 112 valence electrons. The summed E-state index contributed by atoms with van der Waals surface area (Å²) in [6, 6.07) is 3.43. The number of ether oxygens (including phenoxy) is 2. The number of fused-ring (bicyclic) bond motifs is 1. The number of hydroxylamine groups is 2. The van der Waals surface area contributed by atoms with Gasteiger partial charge in [0.1, 0.15) is 11.9 Å². The molecule has 4 nitrogen and oxygen atoms in total. The Kier molecular flexibility index (Phi) is 3.29. The van der Waals surface area contributed by atoms with Crippen molar-refractivity contribution < 1.29 is 27.5 Å². The highest BCUT2D eigenvalue weighted by atomic mass is 19.2. The summed E-state index contributed by atoms with van der Waals surface area (Å²) >= 11 is 0.